The van der Waals surface area contributed by atoms with Gasteiger partial charge in [-0.05, 0) is 50.3 Å². The molecule has 0 aromatic carbocycles. The second-order valence-electron chi connectivity index (χ2n) is 5.35. The molecule has 0 fully saturated rings. The lowest BCUT2D eigenvalue weighted by molar-refractivity contribution is 0.420. The number of aromatic nitrogens is 3. The molecule has 106 valence electrons. The Bertz CT molecular complexity index is 553. The fraction of sp³-hybridized carbons (Fsp3) is 0.533. The highest BCUT2D eigenvalue weighted by Crippen LogP contribution is 2.25. The number of hydrogen-bond donors (Lipinski definition) is 1. The van der Waals surface area contributed by atoms with Gasteiger partial charge < -0.3 is 5.32 Å². The van der Waals surface area contributed by atoms with Gasteiger partial charge in [-0.25, -0.2) is 15.0 Å². The van der Waals surface area contributed by atoms with Crippen LogP contribution in [0.25, 0.3) is 11.5 Å². The van der Waals surface area contributed by atoms with Crippen molar-refractivity contribution in [3.63, 3.8) is 0 Å². The third-order valence-corrected chi connectivity index (χ3v) is 4.36. The van der Waals surface area contributed by atoms with Gasteiger partial charge in [-0.2, -0.15) is 0 Å². The minimum Gasteiger partial charge on any atom is -0.316 e. The van der Waals surface area contributed by atoms with Gasteiger partial charge in [0.2, 0.25) is 0 Å². The van der Waals surface area contributed by atoms with Crippen molar-refractivity contribution in [3.8, 4) is 11.5 Å². The van der Waals surface area contributed by atoms with Crippen molar-refractivity contribution in [2.45, 2.75) is 32.6 Å². The molecule has 0 aliphatic heterocycles. The van der Waals surface area contributed by atoms with E-state index in [9.17, 15) is 0 Å². The lowest BCUT2D eigenvalue weighted by Gasteiger charge is -2.24. The molecule has 0 bridgehead atoms. The Morgan fingerprint density at radius 3 is 3.15 bits per heavy atom. The summed E-state index contributed by atoms with van der Waals surface area (Å²) < 4.78 is 0. The lowest BCUT2D eigenvalue weighted by atomic mass is 9.87. The van der Waals surface area contributed by atoms with E-state index in [-0.39, 0.29) is 0 Å². The first-order chi connectivity index (χ1) is 9.86. The van der Waals surface area contributed by atoms with Crippen LogP contribution in [0.4, 0.5) is 0 Å². The van der Waals surface area contributed by atoms with Gasteiger partial charge in [0.25, 0.3) is 0 Å². The summed E-state index contributed by atoms with van der Waals surface area (Å²) in [6.07, 6.45) is 6.58. The van der Waals surface area contributed by atoms with E-state index in [1.165, 1.54) is 24.1 Å². The largest absolute Gasteiger partial charge is 0.316 e. The number of fused-ring (bicyclic) bond motifs is 1. The number of nitrogens with zero attached hydrogens (tertiary/aromatic N) is 3. The maximum atomic E-state index is 4.70. The molecular weight excluding hydrogens is 268 g/mol. The summed E-state index contributed by atoms with van der Waals surface area (Å²) in [6, 6.07) is 0. The van der Waals surface area contributed by atoms with Crippen LogP contribution < -0.4 is 5.32 Å². The van der Waals surface area contributed by atoms with Gasteiger partial charge in [-0.15, -0.1) is 11.3 Å². The lowest BCUT2D eigenvalue weighted by Crippen LogP contribution is -2.28. The van der Waals surface area contributed by atoms with Crippen LogP contribution in [0, 0.1) is 5.92 Å². The minimum absolute atomic E-state index is 0.725. The van der Waals surface area contributed by atoms with Crippen LogP contribution in [0.3, 0.4) is 0 Å². The molecule has 0 saturated heterocycles. The number of nitrogens with one attached hydrogen (secondary N) is 1. The van der Waals surface area contributed by atoms with Gasteiger partial charge in [0.05, 0.1) is 5.51 Å². The van der Waals surface area contributed by atoms with Crippen molar-refractivity contribution in [3.05, 3.63) is 28.3 Å². The third-order valence-electron chi connectivity index (χ3n) is 3.77. The molecule has 5 heteroatoms. The second kappa shape index (κ2) is 6.41. The van der Waals surface area contributed by atoms with Crippen LogP contribution in [-0.2, 0) is 12.8 Å². The predicted molar refractivity (Wildman–Crippen MR) is 81.8 cm³/mol. The summed E-state index contributed by atoms with van der Waals surface area (Å²) in [4.78, 5) is 13.5. The Kier molecular flexibility index (Phi) is 4.38. The quantitative estimate of drug-likeness (QED) is 0.860. The van der Waals surface area contributed by atoms with Crippen molar-refractivity contribution in [2.24, 2.45) is 5.92 Å². The third kappa shape index (κ3) is 3.04. The maximum Gasteiger partial charge on any atom is 0.179 e. The normalized spacial score (nSPS) is 17.9. The van der Waals surface area contributed by atoms with Crippen molar-refractivity contribution < 1.29 is 0 Å². The molecule has 0 saturated carbocycles. The van der Waals surface area contributed by atoms with Crippen molar-refractivity contribution in [1.29, 1.82) is 0 Å². The average molecular weight is 288 g/mol. The van der Waals surface area contributed by atoms with Gasteiger partial charge in [0.1, 0.15) is 5.69 Å². The molecule has 1 aliphatic carbocycles. The van der Waals surface area contributed by atoms with E-state index in [1.807, 2.05) is 17.1 Å². The molecule has 2 aromatic rings. The second-order valence-corrected chi connectivity index (χ2v) is 6.07. The van der Waals surface area contributed by atoms with E-state index in [0.29, 0.717) is 0 Å². The summed E-state index contributed by atoms with van der Waals surface area (Å²) in [6.45, 7) is 4.43. The first kappa shape index (κ1) is 13.6. The summed E-state index contributed by atoms with van der Waals surface area (Å²) >= 11 is 1.58. The molecule has 1 aliphatic rings. The molecule has 0 spiro atoms. The zero-order valence-corrected chi connectivity index (χ0v) is 12.6. The van der Waals surface area contributed by atoms with E-state index in [2.05, 4.69) is 22.2 Å². The Morgan fingerprint density at radius 1 is 1.40 bits per heavy atom. The summed E-state index contributed by atoms with van der Waals surface area (Å²) in [5, 5.41) is 5.52. The molecule has 0 radical (unpaired) electrons. The van der Waals surface area contributed by atoms with Crippen molar-refractivity contribution >= 4 is 11.3 Å². The van der Waals surface area contributed by atoms with Crippen LogP contribution in [0.15, 0.2) is 17.1 Å². The molecule has 1 unspecified atom stereocenters. The first-order valence-corrected chi connectivity index (χ1v) is 8.25. The minimum atomic E-state index is 0.725. The van der Waals surface area contributed by atoms with Gasteiger partial charge in [-0.1, -0.05) is 6.92 Å². The first-order valence-electron chi connectivity index (χ1n) is 7.31. The fourth-order valence-electron chi connectivity index (χ4n) is 2.69. The van der Waals surface area contributed by atoms with Gasteiger partial charge in [-0.3, -0.25) is 0 Å². The highest BCUT2D eigenvalue weighted by atomic mass is 32.1. The maximum absolute atomic E-state index is 4.70. The highest BCUT2D eigenvalue weighted by Gasteiger charge is 2.20. The summed E-state index contributed by atoms with van der Waals surface area (Å²) in [5.74, 6) is 1.50. The Labute approximate surface area is 123 Å². The van der Waals surface area contributed by atoms with Crippen LogP contribution in [-0.4, -0.2) is 28.0 Å². The molecule has 2 aromatic heterocycles. The van der Waals surface area contributed by atoms with E-state index >= 15 is 0 Å². The molecular formula is C15H20N4S. The molecule has 4 nitrogen and oxygen atoms in total. The smallest absolute Gasteiger partial charge is 0.179 e. The molecule has 0 amide bonds. The van der Waals surface area contributed by atoms with Gasteiger partial charge in [0, 0.05) is 17.3 Å². The zero-order valence-electron chi connectivity index (χ0n) is 11.8. The zero-order chi connectivity index (χ0) is 13.8. The number of thiazole rings is 1. The standard InChI is InChI=1S/C15H20N4S/c1-2-5-16-7-11-3-4-13-12(6-11)8-17-15(19-13)14-9-20-10-18-14/h8-11,16H,2-7H2,1H3. The van der Waals surface area contributed by atoms with Gasteiger partial charge in [0.15, 0.2) is 5.82 Å². The van der Waals surface area contributed by atoms with E-state index in [0.717, 1.165) is 43.4 Å². The predicted octanol–water partition coefficient (Wildman–Crippen LogP) is 2.70. The SMILES string of the molecule is CCCNCC1CCc2nc(-c3cscn3)ncc2C1. The number of hydrogen-bond acceptors (Lipinski definition) is 5. The van der Waals surface area contributed by atoms with E-state index in [1.54, 1.807) is 11.3 Å². The topological polar surface area (TPSA) is 50.7 Å². The molecule has 1 N–H and O–H groups in total. The average Bonchev–Trinajstić information content (AvgIpc) is 3.01. The summed E-state index contributed by atoms with van der Waals surface area (Å²) in [7, 11) is 0. The highest BCUT2D eigenvalue weighted by molar-refractivity contribution is 7.07. The van der Waals surface area contributed by atoms with Crippen molar-refractivity contribution in [2.75, 3.05) is 13.1 Å². The Morgan fingerprint density at radius 2 is 2.35 bits per heavy atom. The number of rotatable bonds is 5. The van der Waals surface area contributed by atoms with Crippen LogP contribution >= 0.6 is 11.3 Å². The van der Waals surface area contributed by atoms with E-state index in [4.69, 9.17) is 4.98 Å². The Hall–Kier alpha value is -1.33. The number of aryl methyl sites for hydroxylation is 1. The van der Waals surface area contributed by atoms with E-state index < -0.39 is 0 Å². The van der Waals surface area contributed by atoms with Crippen molar-refractivity contribution in [1.82, 2.24) is 20.3 Å². The molecule has 1 atom stereocenters. The molecule has 3 rings (SSSR count). The molecule has 20 heavy (non-hydrogen) atoms. The molecule has 2 heterocycles. The fourth-order valence-corrected chi connectivity index (χ4v) is 3.22. The van der Waals surface area contributed by atoms with Crippen LogP contribution in [0.2, 0.25) is 0 Å². The van der Waals surface area contributed by atoms with Crippen LogP contribution in [0.5, 0.6) is 0 Å². The van der Waals surface area contributed by atoms with Gasteiger partial charge >= 0.3 is 0 Å². The monoisotopic (exact) mass is 288 g/mol. The van der Waals surface area contributed by atoms with Crippen LogP contribution in [0.1, 0.15) is 31.0 Å². The Balaban J connectivity index is 1.69. The summed E-state index contributed by atoms with van der Waals surface area (Å²) in [5.41, 5.74) is 5.26.